The first kappa shape index (κ1) is 20.2. The molecule has 2 aromatic rings. The van der Waals surface area contributed by atoms with E-state index >= 15 is 0 Å². The standard InChI is InChI=1S/C20H21BrN2O5S/c1-12(24)23-7-6-13-9-16(21)19(10-17(13)23)29(25,26)22-15-8-14-4-3-5-18(27-2)20(14)28-11-15/h3-5,9-10,15,22H,6-8,11H2,1-2H3/t15-/m0/s1. The van der Waals surface area contributed by atoms with Gasteiger partial charge in [0, 0.05) is 23.6 Å². The van der Waals surface area contributed by atoms with Crippen LogP contribution >= 0.6 is 15.9 Å². The number of amides is 1. The molecule has 0 spiro atoms. The lowest BCUT2D eigenvalue weighted by atomic mass is 10.0. The van der Waals surface area contributed by atoms with Gasteiger partial charge in [-0.25, -0.2) is 13.1 Å². The predicted molar refractivity (Wildman–Crippen MR) is 112 cm³/mol. The quantitative estimate of drug-likeness (QED) is 0.726. The summed E-state index contributed by atoms with van der Waals surface area (Å²) < 4.78 is 40.5. The molecule has 0 bridgehead atoms. The molecule has 7 nitrogen and oxygen atoms in total. The zero-order valence-electron chi connectivity index (χ0n) is 16.1. The van der Waals surface area contributed by atoms with Gasteiger partial charge in [-0.05, 0) is 58.1 Å². The lowest BCUT2D eigenvalue weighted by Gasteiger charge is -2.27. The van der Waals surface area contributed by atoms with Gasteiger partial charge in [-0.3, -0.25) is 4.79 Å². The Balaban J connectivity index is 1.60. The number of anilines is 1. The number of ether oxygens (including phenoxy) is 2. The molecular weight excluding hydrogens is 460 g/mol. The minimum absolute atomic E-state index is 0.103. The van der Waals surface area contributed by atoms with Crippen LogP contribution in [0.5, 0.6) is 11.5 Å². The van der Waals surface area contributed by atoms with Gasteiger partial charge in [-0.15, -0.1) is 0 Å². The smallest absolute Gasteiger partial charge is 0.242 e. The van der Waals surface area contributed by atoms with Crippen molar-refractivity contribution in [2.45, 2.75) is 30.7 Å². The number of sulfonamides is 1. The van der Waals surface area contributed by atoms with Crippen LogP contribution in [0.15, 0.2) is 39.7 Å². The first-order valence-electron chi connectivity index (χ1n) is 9.21. The molecule has 29 heavy (non-hydrogen) atoms. The largest absolute Gasteiger partial charge is 0.493 e. The number of carbonyl (C=O) groups is 1. The highest BCUT2D eigenvalue weighted by atomic mass is 79.9. The Morgan fingerprint density at radius 3 is 2.83 bits per heavy atom. The number of hydrogen-bond donors (Lipinski definition) is 1. The second kappa shape index (κ2) is 7.62. The van der Waals surface area contributed by atoms with E-state index < -0.39 is 16.1 Å². The van der Waals surface area contributed by atoms with Crippen molar-refractivity contribution in [1.29, 1.82) is 0 Å². The van der Waals surface area contributed by atoms with Crippen molar-refractivity contribution in [3.8, 4) is 11.5 Å². The fourth-order valence-corrected chi connectivity index (χ4v) is 6.16. The maximum atomic E-state index is 13.1. The van der Waals surface area contributed by atoms with Crippen LogP contribution in [0.1, 0.15) is 18.1 Å². The summed E-state index contributed by atoms with van der Waals surface area (Å²) in [5, 5.41) is 0. The second-order valence-corrected chi connectivity index (χ2v) is 9.65. The van der Waals surface area contributed by atoms with Gasteiger partial charge >= 0.3 is 0 Å². The van der Waals surface area contributed by atoms with E-state index in [-0.39, 0.29) is 17.4 Å². The van der Waals surface area contributed by atoms with E-state index in [0.29, 0.717) is 41.0 Å². The summed E-state index contributed by atoms with van der Waals surface area (Å²) in [5.74, 6) is 1.18. The number of nitrogens with one attached hydrogen (secondary N) is 1. The van der Waals surface area contributed by atoms with Crippen molar-refractivity contribution in [2.24, 2.45) is 0 Å². The number of nitrogens with zero attached hydrogens (tertiary/aromatic N) is 1. The zero-order valence-corrected chi connectivity index (χ0v) is 18.5. The van der Waals surface area contributed by atoms with Gasteiger partial charge in [0.2, 0.25) is 15.9 Å². The predicted octanol–water partition coefficient (Wildman–Crippen LogP) is 2.65. The Bertz CT molecular complexity index is 1090. The Hall–Kier alpha value is -2.10. The molecule has 4 rings (SSSR count). The first-order valence-corrected chi connectivity index (χ1v) is 11.5. The molecule has 0 aromatic heterocycles. The number of halogens is 1. The Labute approximate surface area is 178 Å². The van der Waals surface area contributed by atoms with Gasteiger partial charge in [-0.2, -0.15) is 0 Å². The molecule has 2 aliphatic rings. The highest BCUT2D eigenvalue weighted by molar-refractivity contribution is 9.10. The Morgan fingerprint density at radius 2 is 2.10 bits per heavy atom. The normalized spacial score (nSPS) is 18.0. The monoisotopic (exact) mass is 480 g/mol. The third kappa shape index (κ3) is 3.74. The van der Waals surface area contributed by atoms with Crippen LogP contribution in [-0.2, 0) is 27.7 Å². The average molecular weight is 481 g/mol. The number of hydrogen-bond acceptors (Lipinski definition) is 5. The summed E-state index contributed by atoms with van der Waals surface area (Å²) in [6.07, 6.45) is 1.20. The minimum atomic E-state index is -3.83. The molecule has 2 aromatic carbocycles. The van der Waals surface area contributed by atoms with Crippen LogP contribution in [0.4, 0.5) is 5.69 Å². The van der Waals surface area contributed by atoms with Crippen molar-refractivity contribution < 1.29 is 22.7 Å². The summed E-state index contributed by atoms with van der Waals surface area (Å²) in [7, 11) is -2.25. The molecule has 1 N–H and O–H groups in total. The van der Waals surface area contributed by atoms with Crippen LogP contribution in [0.3, 0.4) is 0 Å². The van der Waals surface area contributed by atoms with Gasteiger partial charge in [-0.1, -0.05) is 12.1 Å². The van der Waals surface area contributed by atoms with Crippen molar-refractivity contribution >= 4 is 37.5 Å². The first-order chi connectivity index (χ1) is 13.8. The van der Waals surface area contributed by atoms with Crippen molar-refractivity contribution in [1.82, 2.24) is 4.72 Å². The summed E-state index contributed by atoms with van der Waals surface area (Å²) in [4.78, 5) is 13.6. The van der Waals surface area contributed by atoms with Crippen molar-refractivity contribution in [3.63, 3.8) is 0 Å². The number of fused-ring (bicyclic) bond motifs is 2. The highest BCUT2D eigenvalue weighted by Crippen LogP contribution is 2.37. The van der Waals surface area contributed by atoms with Crippen LogP contribution in [0.25, 0.3) is 0 Å². The molecule has 0 saturated heterocycles. The summed E-state index contributed by atoms with van der Waals surface area (Å²) in [6, 6.07) is 8.50. The zero-order chi connectivity index (χ0) is 20.8. The molecule has 9 heteroatoms. The van der Waals surface area contributed by atoms with E-state index in [1.165, 1.54) is 6.92 Å². The van der Waals surface area contributed by atoms with Gasteiger partial charge < -0.3 is 14.4 Å². The van der Waals surface area contributed by atoms with Gasteiger partial charge in [0.15, 0.2) is 11.5 Å². The topological polar surface area (TPSA) is 84.9 Å². The molecule has 2 aliphatic heterocycles. The van der Waals surface area contributed by atoms with Crippen LogP contribution in [-0.4, -0.2) is 40.6 Å². The molecular formula is C20H21BrN2O5S. The summed E-state index contributed by atoms with van der Waals surface area (Å²) in [5.41, 5.74) is 2.49. The Kier molecular flexibility index (Phi) is 5.30. The van der Waals surface area contributed by atoms with E-state index in [0.717, 1.165) is 11.1 Å². The van der Waals surface area contributed by atoms with Gasteiger partial charge in [0.25, 0.3) is 0 Å². The van der Waals surface area contributed by atoms with Crippen LogP contribution in [0, 0.1) is 0 Å². The molecule has 2 heterocycles. The van der Waals surface area contributed by atoms with Gasteiger partial charge in [0.05, 0.1) is 18.0 Å². The van der Waals surface area contributed by atoms with E-state index in [9.17, 15) is 13.2 Å². The number of rotatable bonds is 4. The molecule has 0 fully saturated rings. The molecule has 1 atom stereocenters. The molecule has 0 radical (unpaired) electrons. The SMILES string of the molecule is COc1cccc2c1OC[C@@H](NS(=O)(=O)c1cc3c(cc1Br)CCN3C(C)=O)C2. The fraction of sp³-hybridized carbons (Fsp3) is 0.350. The van der Waals surface area contributed by atoms with E-state index in [4.69, 9.17) is 9.47 Å². The average Bonchev–Trinajstić information content (AvgIpc) is 3.09. The maximum Gasteiger partial charge on any atom is 0.242 e. The number of carbonyl (C=O) groups excluding carboxylic acids is 1. The molecule has 0 saturated carbocycles. The third-order valence-electron chi connectivity index (χ3n) is 5.20. The van der Waals surface area contributed by atoms with E-state index in [1.807, 2.05) is 18.2 Å². The number of para-hydroxylation sites is 1. The molecule has 154 valence electrons. The van der Waals surface area contributed by atoms with Crippen molar-refractivity contribution in [2.75, 3.05) is 25.2 Å². The van der Waals surface area contributed by atoms with Crippen LogP contribution in [0.2, 0.25) is 0 Å². The Morgan fingerprint density at radius 1 is 1.31 bits per heavy atom. The lowest BCUT2D eigenvalue weighted by Crippen LogP contribution is -2.42. The number of methoxy groups -OCH3 is 1. The molecule has 0 unspecified atom stereocenters. The van der Waals surface area contributed by atoms with E-state index in [1.54, 1.807) is 24.1 Å². The summed E-state index contributed by atoms with van der Waals surface area (Å²) in [6.45, 7) is 2.24. The second-order valence-electron chi connectivity index (χ2n) is 7.11. The van der Waals surface area contributed by atoms with Gasteiger partial charge in [0.1, 0.15) is 6.61 Å². The molecule has 1 amide bonds. The van der Waals surface area contributed by atoms with Crippen molar-refractivity contribution in [3.05, 3.63) is 45.9 Å². The number of benzene rings is 2. The fourth-order valence-electron chi connectivity index (χ4n) is 3.83. The van der Waals surface area contributed by atoms with E-state index in [2.05, 4.69) is 20.7 Å². The summed E-state index contributed by atoms with van der Waals surface area (Å²) >= 11 is 3.38. The minimum Gasteiger partial charge on any atom is -0.493 e. The lowest BCUT2D eigenvalue weighted by molar-refractivity contribution is -0.116. The third-order valence-corrected chi connectivity index (χ3v) is 7.67. The maximum absolute atomic E-state index is 13.1. The van der Waals surface area contributed by atoms with Crippen LogP contribution < -0.4 is 19.1 Å². The molecule has 0 aliphatic carbocycles. The highest BCUT2D eigenvalue weighted by Gasteiger charge is 2.31.